The Labute approximate surface area is 189 Å². The van der Waals surface area contributed by atoms with E-state index in [9.17, 15) is 0 Å². The van der Waals surface area contributed by atoms with Gasteiger partial charge in [-0.3, -0.25) is 0 Å². The highest BCUT2D eigenvalue weighted by Crippen LogP contribution is 2.55. The zero-order valence-corrected chi connectivity index (χ0v) is 18.7. The first-order chi connectivity index (χ1) is 15.2. The van der Waals surface area contributed by atoms with Crippen LogP contribution < -0.4 is 10.1 Å². The lowest BCUT2D eigenvalue weighted by Gasteiger charge is -2.57. The molecule has 31 heavy (non-hydrogen) atoms. The Bertz CT molecular complexity index is 1070. The highest BCUT2D eigenvalue weighted by Gasteiger charge is 2.50. The van der Waals surface area contributed by atoms with Gasteiger partial charge >= 0.3 is 0 Å². The van der Waals surface area contributed by atoms with Gasteiger partial charge in [0, 0.05) is 22.7 Å². The lowest BCUT2D eigenvalue weighted by molar-refractivity contribution is -0.0206. The number of ether oxygens (including phenoxy) is 1. The van der Waals surface area contributed by atoms with Gasteiger partial charge in [0.1, 0.15) is 12.4 Å². The summed E-state index contributed by atoms with van der Waals surface area (Å²) in [6, 6.07) is 20.9. The molecule has 4 bridgehead atoms. The predicted octanol–water partition coefficient (Wildman–Crippen LogP) is 7.13. The van der Waals surface area contributed by atoms with Gasteiger partial charge in [0.25, 0.3) is 0 Å². The minimum Gasteiger partial charge on any atom is -0.489 e. The van der Waals surface area contributed by atoms with Gasteiger partial charge in [0.2, 0.25) is 0 Å². The van der Waals surface area contributed by atoms with Crippen molar-refractivity contribution in [2.24, 2.45) is 17.8 Å². The number of hydrogen-bond donors (Lipinski definition) is 1. The molecule has 4 aliphatic rings. The molecule has 0 amide bonds. The maximum Gasteiger partial charge on any atom is 0.124 e. The van der Waals surface area contributed by atoms with E-state index in [1.54, 1.807) is 0 Å². The number of rotatable bonds is 6. The van der Waals surface area contributed by atoms with Crippen LogP contribution in [0.4, 0.5) is 0 Å². The van der Waals surface area contributed by atoms with Gasteiger partial charge in [-0.15, -0.1) is 0 Å². The van der Waals surface area contributed by atoms with Crippen molar-refractivity contribution in [1.82, 2.24) is 5.32 Å². The van der Waals surface area contributed by atoms with Crippen molar-refractivity contribution in [3.8, 4) is 5.75 Å². The third-order valence-corrected chi connectivity index (χ3v) is 8.19. The Morgan fingerprint density at radius 3 is 2.35 bits per heavy atom. The van der Waals surface area contributed by atoms with E-state index in [4.69, 9.17) is 16.3 Å². The fourth-order valence-electron chi connectivity index (χ4n) is 7.02. The first-order valence-corrected chi connectivity index (χ1v) is 12.2. The van der Waals surface area contributed by atoms with Crippen LogP contribution in [0.25, 0.3) is 10.8 Å². The van der Waals surface area contributed by atoms with Crippen molar-refractivity contribution < 1.29 is 4.74 Å². The summed E-state index contributed by atoms with van der Waals surface area (Å²) in [5.74, 6) is 3.83. The Kier molecular flexibility index (Phi) is 4.96. The van der Waals surface area contributed by atoms with E-state index in [-0.39, 0.29) is 0 Å². The molecule has 3 heteroatoms. The molecule has 7 rings (SSSR count). The van der Waals surface area contributed by atoms with Crippen LogP contribution in [-0.2, 0) is 13.2 Å². The topological polar surface area (TPSA) is 21.3 Å². The van der Waals surface area contributed by atoms with E-state index in [0.717, 1.165) is 40.6 Å². The summed E-state index contributed by atoms with van der Waals surface area (Å²) in [5, 5.41) is 7.41. The molecular formula is C28H30ClNO. The zero-order chi connectivity index (χ0) is 20.8. The third kappa shape index (κ3) is 3.85. The van der Waals surface area contributed by atoms with Gasteiger partial charge in [0.05, 0.1) is 0 Å². The first-order valence-electron chi connectivity index (χ1n) is 11.8. The molecule has 0 aromatic heterocycles. The van der Waals surface area contributed by atoms with Crippen molar-refractivity contribution in [2.75, 3.05) is 0 Å². The van der Waals surface area contributed by atoms with Crippen LogP contribution in [0.2, 0.25) is 5.02 Å². The number of fused-ring (bicyclic) bond motifs is 1. The average molecular weight is 432 g/mol. The van der Waals surface area contributed by atoms with Crippen LogP contribution >= 0.6 is 11.6 Å². The molecule has 0 radical (unpaired) electrons. The smallest absolute Gasteiger partial charge is 0.124 e. The minimum absolute atomic E-state index is 0.343. The van der Waals surface area contributed by atoms with E-state index in [1.807, 2.05) is 18.2 Å². The maximum absolute atomic E-state index is 6.36. The average Bonchev–Trinajstić information content (AvgIpc) is 2.75. The zero-order valence-electron chi connectivity index (χ0n) is 17.9. The van der Waals surface area contributed by atoms with E-state index in [2.05, 4.69) is 47.8 Å². The van der Waals surface area contributed by atoms with Crippen LogP contribution in [0.5, 0.6) is 5.75 Å². The number of hydrogen-bond acceptors (Lipinski definition) is 2. The Hall–Kier alpha value is -2.03. The van der Waals surface area contributed by atoms with Crippen molar-refractivity contribution in [3.63, 3.8) is 0 Å². The van der Waals surface area contributed by atoms with E-state index < -0.39 is 0 Å². The molecule has 4 aliphatic carbocycles. The van der Waals surface area contributed by atoms with Crippen molar-refractivity contribution in [2.45, 2.75) is 57.2 Å². The first kappa shape index (κ1) is 19.6. The molecule has 0 aliphatic heterocycles. The molecule has 0 unspecified atom stereocenters. The van der Waals surface area contributed by atoms with Gasteiger partial charge in [-0.2, -0.15) is 0 Å². The highest BCUT2D eigenvalue weighted by molar-refractivity contribution is 6.30. The van der Waals surface area contributed by atoms with Crippen molar-refractivity contribution in [1.29, 1.82) is 0 Å². The molecule has 0 saturated heterocycles. The van der Waals surface area contributed by atoms with Crippen LogP contribution in [-0.4, -0.2) is 5.54 Å². The fourth-order valence-corrected chi connectivity index (χ4v) is 7.24. The summed E-state index contributed by atoms with van der Waals surface area (Å²) in [7, 11) is 0. The number of nitrogens with one attached hydrogen (secondary N) is 1. The van der Waals surface area contributed by atoms with Crippen LogP contribution in [0.15, 0.2) is 60.7 Å². The van der Waals surface area contributed by atoms with E-state index in [1.165, 1.54) is 54.9 Å². The van der Waals surface area contributed by atoms with Gasteiger partial charge < -0.3 is 10.1 Å². The quantitative estimate of drug-likeness (QED) is 0.448. The highest BCUT2D eigenvalue weighted by atomic mass is 35.5. The number of benzene rings is 3. The SMILES string of the molecule is Clc1cccc(COc2ccc3ccccc3c2CNC23CC4CC(CC(C4)C2)C3)c1. The fraction of sp³-hybridized carbons (Fsp3) is 0.429. The Balaban J connectivity index is 1.27. The van der Waals surface area contributed by atoms with Gasteiger partial charge in [-0.25, -0.2) is 0 Å². The van der Waals surface area contributed by atoms with Crippen molar-refractivity contribution in [3.05, 3.63) is 76.8 Å². The molecule has 0 spiro atoms. The molecule has 4 fully saturated rings. The molecule has 2 nitrogen and oxygen atoms in total. The summed E-state index contributed by atoms with van der Waals surface area (Å²) >= 11 is 6.17. The molecule has 3 aromatic carbocycles. The summed E-state index contributed by atoms with van der Waals surface area (Å²) in [4.78, 5) is 0. The standard InChI is InChI=1S/C28H30ClNO/c29-24-6-3-4-19(13-24)18-31-27-9-8-23-5-1-2-7-25(23)26(27)17-30-28-14-20-10-21(15-28)12-22(11-20)16-28/h1-9,13,20-22,30H,10-12,14-18H2. The van der Waals surface area contributed by atoms with Crippen LogP contribution in [0.1, 0.15) is 49.7 Å². The second kappa shape index (κ2) is 7.83. The largest absolute Gasteiger partial charge is 0.489 e. The molecule has 3 aromatic rings. The molecule has 4 saturated carbocycles. The van der Waals surface area contributed by atoms with Crippen LogP contribution in [0.3, 0.4) is 0 Å². The summed E-state index contributed by atoms with van der Waals surface area (Å²) < 4.78 is 6.36. The number of halogens is 1. The monoisotopic (exact) mass is 431 g/mol. The Morgan fingerprint density at radius 2 is 1.61 bits per heavy atom. The molecule has 0 atom stereocenters. The normalized spacial score (nSPS) is 28.9. The summed E-state index contributed by atoms with van der Waals surface area (Å²) in [6.07, 6.45) is 8.52. The van der Waals surface area contributed by atoms with E-state index >= 15 is 0 Å². The second-order valence-corrected chi connectivity index (χ2v) is 10.7. The third-order valence-electron chi connectivity index (χ3n) is 7.96. The van der Waals surface area contributed by atoms with Gasteiger partial charge in [-0.1, -0.05) is 54.1 Å². The second-order valence-electron chi connectivity index (χ2n) is 10.2. The molecule has 1 N–H and O–H groups in total. The summed E-state index contributed by atoms with van der Waals surface area (Å²) in [6.45, 7) is 1.40. The summed E-state index contributed by atoms with van der Waals surface area (Å²) in [5.41, 5.74) is 2.73. The lowest BCUT2D eigenvalue weighted by atomic mass is 9.53. The van der Waals surface area contributed by atoms with Crippen molar-refractivity contribution >= 4 is 22.4 Å². The Morgan fingerprint density at radius 1 is 0.871 bits per heavy atom. The molecular weight excluding hydrogens is 402 g/mol. The van der Waals surface area contributed by atoms with Gasteiger partial charge in [0.15, 0.2) is 0 Å². The maximum atomic E-state index is 6.36. The minimum atomic E-state index is 0.343. The lowest BCUT2D eigenvalue weighted by Crippen LogP contribution is -2.58. The predicted molar refractivity (Wildman–Crippen MR) is 127 cm³/mol. The molecule has 0 heterocycles. The van der Waals surface area contributed by atoms with Gasteiger partial charge in [-0.05, 0) is 90.8 Å². The van der Waals surface area contributed by atoms with E-state index in [0.29, 0.717) is 12.1 Å². The van der Waals surface area contributed by atoms with Crippen LogP contribution in [0, 0.1) is 17.8 Å². The molecule has 160 valence electrons.